The van der Waals surface area contributed by atoms with E-state index in [2.05, 4.69) is 41.7 Å². The van der Waals surface area contributed by atoms with Gasteiger partial charge in [0, 0.05) is 34.9 Å². The molecule has 2 aromatic carbocycles. The highest BCUT2D eigenvalue weighted by atomic mass is 79.9. The van der Waals surface area contributed by atoms with Crippen molar-refractivity contribution in [3.05, 3.63) is 81.6 Å². The zero-order chi connectivity index (χ0) is 25.3. The Morgan fingerprint density at radius 3 is 2.57 bits per heavy atom. The summed E-state index contributed by atoms with van der Waals surface area (Å²) >= 11 is 3.51. The van der Waals surface area contributed by atoms with Crippen LogP contribution in [0, 0.1) is 11.3 Å². The van der Waals surface area contributed by atoms with Crippen LogP contribution in [0.2, 0.25) is 0 Å². The lowest BCUT2D eigenvalue weighted by molar-refractivity contribution is -0.144. The number of esters is 1. The predicted molar refractivity (Wildman–Crippen MR) is 137 cm³/mol. The highest BCUT2D eigenvalue weighted by molar-refractivity contribution is 9.10. The van der Waals surface area contributed by atoms with Crippen LogP contribution in [0.25, 0.3) is 0 Å². The Balaban J connectivity index is 1.79. The molecule has 184 valence electrons. The van der Waals surface area contributed by atoms with Crippen LogP contribution in [0.5, 0.6) is 11.5 Å². The van der Waals surface area contributed by atoms with Crippen LogP contribution >= 0.6 is 15.9 Å². The number of allylic oxidation sites excluding steroid dienone is 2. The molecule has 1 aliphatic heterocycles. The third-order valence-corrected chi connectivity index (χ3v) is 7.24. The van der Waals surface area contributed by atoms with E-state index in [1.807, 2.05) is 42.5 Å². The quantitative estimate of drug-likeness (QED) is 0.476. The highest BCUT2D eigenvalue weighted by Crippen LogP contribution is 2.48. The average Bonchev–Trinajstić information content (AvgIpc) is 2.81. The van der Waals surface area contributed by atoms with E-state index in [-0.39, 0.29) is 17.8 Å². The maximum atomic E-state index is 13.4. The van der Waals surface area contributed by atoms with Gasteiger partial charge in [-0.3, -0.25) is 9.59 Å². The second-order valence-corrected chi connectivity index (χ2v) is 10.6. The zero-order valence-electron chi connectivity index (χ0n) is 20.4. The van der Waals surface area contributed by atoms with Gasteiger partial charge in [-0.1, -0.05) is 38.6 Å². The summed E-state index contributed by atoms with van der Waals surface area (Å²) in [6.07, 6.45) is 1.12. The number of methoxy groups -OCH3 is 2. The molecule has 4 rings (SSSR count). The van der Waals surface area contributed by atoms with Crippen molar-refractivity contribution in [2.24, 2.45) is 11.3 Å². The van der Waals surface area contributed by atoms with E-state index in [0.717, 1.165) is 21.3 Å². The molecule has 7 heteroatoms. The molecule has 1 aliphatic carbocycles. The Bertz CT molecular complexity index is 1220. The van der Waals surface area contributed by atoms with Crippen LogP contribution in [0.15, 0.2) is 70.5 Å². The third kappa shape index (κ3) is 5.01. The number of carbonyl (C=O) groups is 2. The van der Waals surface area contributed by atoms with Crippen molar-refractivity contribution < 1.29 is 23.8 Å². The van der Waals surface area contributed by atoms with Crippen LogP contribution in [0.1, 0.15) is 43.7 Å². The van der Waals surface area contributed by atoms with E-state index in [4.69, 9.17) is 14.2 Å². The molecule has 2 aliphatic rings. The fourth-order valence-corrected chi connectivity index (χ4v) is 5.43. The van der Waals surface area contributed by atoms with Crippen molar-refractivity contribution in [3.8, 4) is 11.5 Å². The molecule has 2 unspecified atom stereocenters. The number of ketones is 1. The maximum absolute atomic E-state index is 13.4. The van der Waals surface area contributed by atoms with E-state index >= 15 is 0 Å². The summed E-state index contributed by atoms with van der Waals surface area (Å²) in [5, 5.41) is 3.27. The van der Waals surface area contributed by atoms with Crippen molar-refractivity contribution in [1.29, 1.82) is 0 Å². The molecule has 0 aromatic heterocycles. The van der Waals surface area contributed by atoms with Gasteiger partial charge in [-0.2, -0.15) is 0 Å². The largest absolute Gasteiger partial charge is 0.496 e. The lowest BCUT2D eigenvalue weighted by Gasteiger charge is -2.42. The SMILES string of the molecule is C=C1NC2=C(C(=O)CC(C)(C)C2)C(c2ccc(OC)c(COc3ccccc3Br)c2)C1C(=O)OC. The molecule has 0 radical (unpaired) electrons. The third-order valence-electron chi connectivity index (χ3n) is 6.59. The first-order valence-electron chi connectivity index (χ1n) is 11.5. The summed E-state index contributed by atoms with van der Waals surface area (Å²) in [6.45, 7) is 8.53. The Morgan fingerprint density at radius 1 is 1.14 bits per heavy atom. The smallest absolute Gasteiger partial charge is 0.315 e. The van der Waals surface area contributed by atoms with Gasteiger partial charge < -0.3 is 19.5 Å². The van der Waals surface area contributed by atoms with Crippen molar-refractivity contribution >= 4 is 27.7 Å². The number of carbonyl (C=O) groups excluding carboxylic acids is 2. The zero-order valence-corrected chi connectivity index (χ0v) is 22.0. The van der Waals surface area contributed by atoms with E-state index in [9.17, 15) is 9.59 Å². The lowest BCUT2D eigenvalue weighted by Crippen LogP contribution is -2.43. The van der Waals surface area contributed by atoms with Gasteiger partial charge in [-0.05, 0) is 57.6 Å². The maximum Gasteiger partial charge on any atom is 0.315 e. The Hall–Kier alpha value is -3.06. The molecule has 0 spiro atoms. The minimum Gasteiger partial charge on any atom is -0.496 e. The second-order valence-electron chi connectivity index (χ2n) is 9.75. The minimum absolute atomic E-state index is 0.0389. The van der Waals surface area contributed by atoms with Gasteiger partial charge in [0.05, 0.1) is 18.7 Å². The number of para-hydroxylation sites is 1. The van der Waals surface area contributed by atoms with Crippen LogP contribution in [-0.4, -0.2) is 26.0 Å². The van der Waals surface area contributed by atoms with Gasteiger partial charge >= 0.3 is 5.97 Å². The molecule has 0 saturated carbocycles. The highest BCUT2D eigenvalue weighted by Gasteiger charge is 2.46. The van der Waals surface area contributed by atoms with Gasteiger partial charge in [-0.25, -0.2) is 0 Å². The Morgan fingerprint density at radius 2 is 1.89 bits per heavy atom. The first kappa shape index (κ1) is 25.0. The van der Waals surface area contributed by atoms with Crippen molar-refractivity contribution in [2.45, 2.75) is 39.2 Å². The summed E-state index contributed by atoms with van der Waals surface area (Å²) in [5.41, 5.74) is 3.45. The number of nitrogens with one attached hydrogen (secondary N) is 1. The monoisotopic (exact) mass is 539 g/mol. The molecule has 2 aromatic rings. The number of hydrogen-bond donors (Lipinski definition) is 1. The van der Waals surface area contributed by atoms with Gasteiger partial charge in [0.1, 0.15) is 24.0 Å². The number of Topliss-reactive ketones (excluding diaryl/α,β-unsaturated/α-hetero) is 1. The van der Waals surface area contributed by atoms with E-state index in [1.165, 1.54) is 7.11 Å². The Labute approximate surface area is 214 Å². The topological polar surface area (TPSA) is 73.9 Å². The van der Waals surface area contributed by atoms with Crippen molar-refractivity contribution in [1.82, 2.24) is 5.32 Å². The Kier molecular flexibility index (Phi) is 7.08. The lowest BCUT2D eigenvalue weighted by atomic mass is 9.66. The number of benzene rings is 2. The van der Waals surface area contributed by atoms with E-state index in [0.29, 0.717) is 35.6 Å². The molecular weight excluding hydrogens is 510 g/mol. The molecule has 0 bridgehead atoms. The van der Waals surface area contributed by atoms with E-state index < -0.39 is 17.8 Å². The second kappa shape index (κ2) is 9.90. The summed E-state index contributed by atoms with van der Waals surface area (Å²) in [7, 11) is 2.96. The van der Waals surface area contributed by atoms with Crippen LogP contribution < -0.4 is 14.8 Å². The molecule has 1 N–H and O–H groups in total. The summed E-state index contributed by atoms with van der Waals surface area (Å²) in [6, 6.07) is 13.3. The van der Waals surface area contributed by atoms with Crippen molar-refractivity contribution in [2.75, 3.05) is 14.2 Å². The molecule has 35 heavy (non-hydrogen) atoms. The van der Waals surface area contributed by atoms with Crippen LogP contribution in [0.4, 0.5) is 0 Å². The van der Waals surface area contributed by atoms with Crippen LogP contribution in [-0.2, 0) is 20.9 Å². The molecule has 0 saturated heterocycles. The first-order valence-corrected chi connectivity index (χ1v) is 12.3. The average molecular weight is 540 g/mol. The normalized spacial score (nSPS) is 21.2. The molecule has 0 amide bonds. The molecule has 2 atom stereocenters. The first-order chi connectivity index (χ1) is 16.6. The summed E-state index contributed by atoms with van der Waals surface area (Å²) in [5.74, 6) is -0.265. The number of halogens is 1. The predicted octanol–water partition coefficient (Wildman–Crippen LogP) is 5.67. The van der Waals surface area contributed by atoms with Crippen LogP contribution in [0.3, 0.4) is 0 Å². The fraction of sp³-hybridized carbons (Fsp3) is 0.357. The number of ether oxygens (including phenoxy) is 3. The van der Waals surface area contributed by atoms with Gasteiger partial charge in [0.2, 0.25) is 0 Å². The standard InChI is InChI=1S/C28H30BrNO5/c1-16-24(27(32)34-5)25(26-20(30-16)13-28(2,3)14-21(26)31)17-10-11-22(33-4)18(12-17)15-35-23-9-7-6-8-19(23)29/h6-12,24-25,30H,1,13-15H2,2-5H3. The fourth-order valence-electron chi connectivity index (χ4n) is 5.03. The molecule has 1 heterocycles. The van der Waals surface area contributed by atoms with Gasteiger partial charge in [-0.15, -0.1) is 0 Å². The number of hydrogen-bond acceptors (Lipinski definition) is 6. The molecule has 0 fully saturated rings. The van der Waals surface area contributed by atoms with Gasteiger partial charge in [0.25, 0.3) is 0 Å². The minimum atomic E-state index is -0.727. The van der Waals surface area contributed by atoms with E-state index in [1.54, 1.807) is 7.11 Å². The molecular formula is C28H30BrNO5. The molecule has 6 nitrogen and oxygen atoms in total. The number of rotatable bonds is 6. The van der Waals surface area contributed by atoms with Crippen molar-refractivity contribution in [3.63, 3.8) is 0 Å². The van der Waals surface area contributed by atoms with Gasteiger partial charge in [0.15, 0.2) is 5.78 Å². The summed E-state index contributed by atoms with van der Waals surface area (Å²) in [4.78, 5) is 26.3. The summed E-state index contributed by atoms with van der Waals surface area (Å²) < 4.78 is 17.6.